The smallest absolute Gasteiger partial charge is 0.0624 e. The summed E-state index contributed by atoms with van der Waals surface area (Å²) in [7, 11) is 0. The van der Waals surface area contributed by atoms with Gasteiger partial charge in [-0.2, -0.15) is 5.10 Å². The molecule has 1 aromatic rings. The Kier molecular flexibility index (Phi) is 6.47. The summed E-state index contributed by atoms with van der Waals surface area (Å²) in [6.07, 6.45) is 5.45. The summed E-state index contributed by atoms with van der Waals surface area (Å²) in [4.78, 5) is 0. The topological polar surface area (TPSA) is 29.9 Å². The van der Waals surface area contributed by atoms with Crippen molar-refractivity contribution in [1.29, 1.82) is 0 Å². The average Bonchev–Trinajstić information content (AvgIpc) is 2.76. The van der Waals surface area contributed by atoms with Gasteiger partial charge in [0.05, 0.1) is 5.69 Å². The van der Waals surface area contributed by atoms with Gasteiger partial charge in [0.2, 0.25) is 0 Å². The first-order chi connectivity index (χ1) is 9.35. The third-order valence-corrected chi connectivity index (χ3v) is 3.33. The number of aryl methyl sites for hydroxylation is 2. The molecule has 1 aromatic heterocycles. The van der Waals surface area contributed by atoms with Crippen molar-refractivity contribution in [2.24, 2.45) is 0 Å². The predicted octanol–water partition coefficient (Wildman–Crippen LogP) is 3.73. The van der Waals surface area contributed by atoms with Crippen LogP contribution in [0.25, 0.3) is 0 Å². The van der Waals surface area contributed by atoms with Crippen LogP contribution in [0.4, 0.5) is 0 Å². The van der Waals surface area contributed by atoms with E-state index in [0.717, 1.165) is 32.4 Å². The molecule has 3 heteroatoms. The number of rotatable bonds is 7. The Morgan fingerprint density at radius 3 is 2.60 bits per heavy atom. The van der Waals surface area contributed by atoms with Crippen molar-refractivity contribution >= 4 is 0 Å². The third-order valence-electron chi connectivity index (χ3n) is 3.33. The van der Waals surface area contributed by atoms with E-state index in [4.69, 9.17) is 0 Å². The van der Waals surface area contributed by atoms with Crippen molar-refractivity contribution in [3.05, 3.63) is 29.1 Å². The van der Waals surface area contributed by atoms with Crippen LogP contribution < -0.4 is 5.32 Å². The lowest BCUT2D eigenvalue weighted by molar-refractivity contribution is 0.431. The molecule has 0 radical (unpaired) electrons. The predicted molar refractivity (Wildman–Crippen MR) is 87.1 cm³/mol. The number of hydrogen-bond acceptors (Lipinski definition) is 2. The first-order valence-electron chi connectivity index (χ1n) is 7.82. The van der Waals surface area contributed by atoms with Crippen molar-refractivity contribution in [1.82, 2.24) is 15.1 Å². The van der Waals surface area contributed by atoms with Crippen molar-refractivity contribution in [2.45, 2.75) is 72.9 Å². The Hall–Kier alpha value is -1.09. The zero-order valence-electron chi connectivity index (χ0n) is 14.1. The Morgan fingerprint density at radius 1 is 1.35 bits per heavy atom. The molecule has 0 amide bonds. The van der Waals surface area contributed by atoms with Gasteiger partial charge in [0, 0.05) is 24.2 Å². The molecule has 1 N–H and O–H groups in total. The second-order valence-corrected chi connectivity index (χ2v) is 6.49. The van der Waals surface area contributed by atoms with E-state index in [9.17, 15) is 0 Å². The van der Waals surface area contributed by atoms with Crippen LogP contribution in [0.3, 0.4) is 0 Å². The molecule has 0 fully saturated rings. The van der Waals surface area contributed by atoms with Gasteiger partial charge < -0.3 is 5.32 Å². The summed E-state index contributed by atoms with van der Waals surface area (Å²) in [5.41, 5.74) is 4.17. The van der Waals surface area contributed by atoms with Crippen LogP contribution in [-0.2, 0) is 19.4 Å². The maximum atomic E-state index is 4.61. The fourth-order valence-electron chi connectivity index (χ4n) is 2.23. The molecular formula is C17H31N3. The van der Waals surface area contributed by atoms with Crippen molar-refractivity contribution in [3.8, 4) is 0 Å². The van der Waals surface area contributed by atoms with Gasteiger partial charge in [-0.1, -0.05) is 18.6 Å². The zero-order valence-corrected chi connectivity index (χ0v) is 14.1. The molecule has 0 spiro atoms. The van der Waals surface area contributed by atoms with Crippen molar-refractivity contribution < 1.29 is 0 Å². The molecule has 0 aliphatic carbocycles. The van der Waals surface area contributed by atoms with E-state index in [1.807, 2.05) is 0 Å². The van der Waals surface area contributed by atoms with Crippen LogP contribution in [-0.4, -0.2) is 21.9 Å². The summed E-state index contributed by atoms with van der Waals surface area (Å²) in [6.45, 7) is 15.1. The van der Waals surface area contributed by atoms with Crippen LogP contribution >= 0.6 is 0 Å². The number of nitrogens with one attached hydrogen (secondary N) is 1. The van der Waals surface area contributed by atoms with Gasteiger partial charge in [0.1, 0.15) is 0 Å². The second kappa shape index (κ2) is 7.63. The standard InChI is InChI=1S/C17H31N3/c1-7-15-13-16(20(8-2)19-15)12-14(3)10-9-11-18-17(4,5)6/h10,13,18H,7-9,11-12H2,1-6H3. The highest BCUT2D eigenvalue weighted by atomic mass is 15.3. The normalized spacial score (nSPS) is 13.0. The first kappa shape index (κ1) is 17.0. The molecule has 0 saturated carbocycles. The lowest BCUT2D eigenvalue weighted by atomic mass is 10.1. The summed E-state index contributed by atoms with van der Waals surface area (Å²) in [5.74, 6) is 0. The quantitative estimate of drug-likeness (QED) is 0.608. The minimum atomic E-state index is 0.207. The van der Waals surface area contributed by atoms with Gasteiger partial charge in [0.15, 0.2) is 0 Å². The molecule has 20 heavy (non-hydrogen) atoms. The summed E-state index contributed by atoms with van der Waals surface area (Å²) in [5, 5.41) is 8.12. The Morgan fingerprint density at radius 2 is 2.05 bits per heavy atom. The van der Waals surface area contributed by atoms with Gasteiger partial charge in [0.25, 0.3) is 0 Å². The van der Waals surface area contributed by atoms with Gasteiger partial charge >= 0.3 is 0 Å². The van der Waals surface area contributed by atoms with E-state index in [1.54, 1.807) is 0 Å². The van der Waals surface area contributed by atoms with E-state index >= 15 is 0 Å². The Balaban J connectivity index is 2.52. The lowest BCUT2D eigenvalue weighted by Gasteiger charge is -2.19. The molecular weight excluding hydrogens is 246 g/mol. The largest absolute Gasteiger partial charge is 0.312 e. The zero-order chi connectivity index (χ0) is 15.2. The van der Waals surface area contributed by atoms with Gasteiger partial charge in [-0.3, -0.25) is 4.68 Å². The molecule has 1 heterocycles. The molecule has 0 saturated heterocycles. The molecule has 0 bridgehead atoms. The first-order valence-corrected chi connectivity index (χ1v) is 7.82. The highest BCUT2D eigenvalue weighted by Gasteiger charge is 2.08. The summed E-state index contributed by atoms with van der Waals surface area (Å²) >= 11 is 0. The molecule has 1 rings (SSSR count). The van der Waals surface area contributed by atoms with Gasteiger partial charge in [-0.25, -0.2) is 0 Å². The summed E-state index contributed by atoms with van der Waals surface area (Å²) < 4.78 is 2.13. The lowest BCUT2D eigenvalue weighted by Crippen LogP contribution is -2.36. The van der Waals surface area contributed by atoms with Gasteiger partial charge in [-0.15, -0.1) is 0 Å². The molecule has 0 aromatic carbocycles. The van der Waals surface area contributed by atoms with E-state index in [0.29, 0.717) is 0 Å². The number of nitrogens with zero attached hydrogens (tertiary/aromatic N) is 2. The molecule has 3 nitrogen and oxygen atoms in total. The second-order valence-electron chi connectivity index (χ2n) is 6.49. The number of allylic oxidation sites excluding steroid dienone is 1. The highest BCUT2D eigenvalue weighted by molar-refractivity contribution is 5.17. The molecule has 0 atom stereocenters. The number of aromatic nitrogens is 2. The fraction of sp³-hybridized carbons (Fsp3) is 0.706. The summed E-state index contributed by atoms with van der Waals surface area (Å²) in [6, 6.07) is 2.24. The molecule has 0 aliphatic rings. The molecule has 114 valence electrons. The van der Waals surface area contributed by atoms with Crippen LogP contribution in [0, 0.1) is 0 Å². The van der Waals surface area contributed by atoms with Crippen LogP contribution in [0.5, 0.6) is 0 Å². The van der Waals surface area contributed by atoms with E-state index in [1.165, 1.54) is 17.0 Å². The van der Waals surface area contributed by atoms with Gasteiger partial charge in [-0.05, 0) is 60.1 Å². The van der Waals surface area contributed by atoms with E-state index < -0.39 is 0 Å². The fourth-order valence-corrected chi connectivity index (χ4v) is 2.23. The maximum absolute atomic E-state index is 4.61. The Bertz CT molecular complexity index is 436. The van der Waals surface area contributed by atoms with Crippen LogP contribution in [0.15, 0.2) is 17.7 Å². The number of hydrogen-bond donors (Lipinski definition) is 1. The van der Waals surface area contributed by atoms with Crippen LogP contribution in [0.2, 0.25) is 0 Å². The SMILES string of the molecule is CCc1cc(CC(C)=CCCNC(C)(C)C)n(CC)n1. The maximum Gasteiger partial charge on any atom is 0.0624 e. The Labute approximate surface area is 124 Å². The average molecular weight is 277 g/mol. The van der Waals surface area contributed by atoms with Crippen LogP contribution in [0.1, 0.15) is 59.4 Å². The minimum absolute atomic E-state index is 0.207. The molecule has 0 unspecified atom stereocenters. The van der Waals surface area contributed by atoms with Crippen molar-refractivity contribution in [3.63, 3.8) is 0 Å². The molecule has 0 aliphatic heterocycles. The highest BCUT2D eigenvalue weighted by Crippen LogP contribution is 2.11. The minimum Gasteiger partial charge on any atom is -0.312 e. The third kappa shape index (κ3) is 5.91. The van der Waals surface area contributed by atoms with E-state index in [-0.39, 0.29) is 5.54 Å². The van der Waals surface area contributed by atoms with Crippen molar-refractivity contribution in [2.75, 3.05) is 6.54 Å². The van der Waals surface area contributed by atoms with E-state index in [2.05, 4.69) is 68.8 Å². The monoisotopic (exact) mass is 277 g/mol.